The average molecular weight is 409 g/mol. The highest BCUT2D eigenvalue weighted by molar-refractivity contribution is 7.88. The summed E-state index contributed by atoms with van der Waals surface area (Å²) in [5.74, 6) is 0.0841. The highest BCUT2D eigenvalue weighted by Gasteiger charge is 2.44. The number of hydrogen-bond donors (Lipinski definition) is 1. The summed E-state index contributed by atoms with van der Waals surface area (Å²) in [7, 11) is -3.26. The Morgan fingerprint density at radius 2 is 1.75 bits per heavy atom. The fourth-order valence-corrected chi connectivity index (χ4v) is 6.40. The van der Waals surface area contributed by atoms with Crippen molar-refractivity contribution in [1.82, 2.24) is 9.21 Å². The van der Waals surface area contributed by atoms with Crippen molar-refractivity contribution in [2.75, 3.05) is 39.3 Å². The molecule has 7 heteroatoms. The molecule has 0 unspecified atom stereocenters. The van der Waals surface area contributed by atoms with Gasteiger partial charge in [-0.25, -0.2) is 12.7 Å². The van der Waals surface area contributed by atoms with Gasteiger partial charge in [-0.2, -0.15) is 0 Å². The van der Waals surface area contributed by atoms with Crippen LogP contribution in [0.15, 0.2) is 30.3 Å². The van der Waals surface area contributed by atoms with Gasteiger partial charge in [0.1, 0.15) is 0 Å². The molecule has 0 radical (unpaired) electrons. The molecule has 1 aromatic rings. The predicted octanol–water partition coefficient (Wildman–Crippen LogP) is 1.84. The molecule has 3 aliphatic heterocycles. The zero-order chi connectivity index (χ0) is 19.6. The van der Waals surface area contributed by atoms with Crippen LogP contribution in [-0.2, 0) is 20.5 Å². The van der Waals surface area contributed by atoms with E-state index in [4.69, 9.17) is 4.74 Å². The first-order valence-electron chi connectivity index (χ1n) is 10.5. The van der Waals surface area contributed by atoms with Crippen LogP contribution in [-0.4, -0.2) is 74.3 Å². The molecule has 0 aliphatic carbocycles. The first-order valence-corrected chi connectivity index (χ1v) is 12.1. The van der Waals surface area contributed by atoms with E-state index in [1.807, 2.05) is 30.3 Å². The van der Waals surface area contributed by atoms with Crippen molar-refractivity contribution in [3.63, 3.8) is 0 Å². The van der Waals surface area contributed by atoms with Crippen molar-refractivity contribution in [2.45, 2.75) is 50.1 Å². The maximum absolute atomic E-state index is 12.8. The first kappa shape index (κ1) is 20.3. The number of aliphatic hydroxyl groups excluding tert-OH is 1. The van der Waals surface area contributed by atoms with E-state index in [0.29, 0.717) is 13.1 Å². The third-order valence-electron chi connectivity index (χ3n) is 6.67. The molecule has 4 rings (SSSR count). The van der Waals surface area contributed by atoms with Crippen LogP contribution < -0.4 is 0 Å². The van der Waals surface area contributed by atoms with E-state index < -0.39 is 10.0 Å². The quantitative estimate of drug-likeness (QED) is 0.805. The van der Waals surface area contributed by atoms with E-state index in [1.54, 1.807) is 4.31 Å². The van der Waals surface area contributed by atoms with Crippen LogP contribution in [0.5, 0.6) is 0 Å². The van der Waals surface area contributed by atoms with Crippen LogP contribution in [0.4, 0.5) is 0 Å². The maximum Gasteiger partial charge on any atom is 0.218 e. The van der Waals surface area contributed by atoms with E-state index >= 15 is 0 Å². The molecule has 3 fully saturated rings. The summed E-state index contributed by atoms with van der Waals surface area (Å²) < 4.78 is 33.4. The molecule has 1 aromatic carbocycles. The average Bonchev–Trinajstić information content (AvgIpc) is 3.06. The van der Waals surface area contributed by atoms with E-state index in [2.05, 4.69) is 4.90 Å². The Morgan fingerprint density at radius 1 is 1.07 bits per heavy atom. The molecule has 28 heavy (non-hydrogen) atoms. The summed E-state index contributed by atoms with van der Waals surface area (Å²) in [6.45, 7) is 4.77. The van der Waals surface area contributed by atoms with Crippen molar-refractivity contribution < 1.29 is 18.3 Å². The van der Waals surface area contributed by atoms with Gasteiger partial charge in [-0.15, -0.1) is 0 Å². The molecule has 6 nitrogen and oxygen atoms in total. The number of benzene rings is 1. The molecule has 0 saturated carbocycles. The van der Waals surface area contributed by atoms with Crippen molar-refractivity contribution in [2.24, 2.45) is 5.41 Å². The number of sulfonamides is 1. The lowest BCUT2D eigenvalue weighted by Crippen LogP contribution is -2.44. The lowest BCUT2D eigenvalue weighted by atomic mass is 9.77. The van der Waals surface area contributed by atoms with Gasteiger partial charge in [0, 0.05) is 32.7 Å². The van der Waals surface area contributed by atoms with Crippen molar-refractivity contribution in [3.8, 4) is 0 Å². The van der Waals surface area contributed by atoms with E-state index in [1.165, 1.54) is 0 Å². The molecule has 156 valence electrons. The van der Waals surface area contributed by atoms with E-state index in [-0.39, 0.29) is 23.4 Å². The van der Waals surface area contributed by atoms with Gasteiger partial charge >= 0.3 is 0 Å². The summed E-state index contributed by atoms with van der Waals surface area (Å²) in [5, 5.41) is 9.66. The second-order valence-electron chi connectivity index (χ2n) is 8.81. The van der Waals surface area contributed by atoms with Crippen molar-refractivity contribution in [1.29, 1.82) is 0 Å². The lowest BCUT2D eigenvalue weighted by molar-refractivity contribution is 0.0327. The Morgan fingerprint density at radius 3 is 2.43 bits per heavy atom. The standard InChI is InChI=1S/C21H32N2O4S/c24-19-6-10-22(11-7-19)15-20-14-21(17-27-20)8-12-23(13-9-21)28(25,26)16-18-4-2-1-3-5-18/h1-5,19-20,24H,6-17H2/t20-/m1/s1. The summed E-state index contributed by atoms with van der Waals surface area (Å²) in [5.41, 5.74) is 0.984. The minimum atomic E-state index is -3.26. The topological polar surface area (TPSA) is 70.1 Å². The number of piperidine rings is 2. The summed E-state index contributed by atoms with van der Waals surface area (Å²) in [6, 6.07) is 9.42. The third-order valence-corrected chi connectivity index (χ3v) is 8.52. The molecular formula is C21H32N2O4S. The van der Waals surface area contributed by atoms with Crippen molar-refractivity contribution in [3.05, 3.63) is 35.9 Å². The normalized spacial score (nSPS) is 27.4. The Labute approximate surface area is 168 Å². The van der Waals surface area contributed by atoms with Gasteiger partial charge < -0.3 is 14.7 Å². The van der Waals surface area contributed by atoms with Crippen molar-refractivity contribution >= 4 is 10.0 Å². The molecule has 0 bridgehead atoms. The molecule has 1 atom stereocenters. The highest BCUT2D eigenvalue weighted by Crippen LogP contribution is 2.42. The SMILES string of the molecule is O=S(=O)(Cc1ccccc1)N1CCC2(CC1)CO[C@@H](CN1CCC(O)CC1)C2. The zero-order valence-electron chi connectivity index (χ0n) is 16.5. The number of rotatable bonds is 5. The largest absolute Gasteiger partial charge is 0.393 e. The fraction of sp³-hybridized carbons (Fsp3) is 0.714. The smallest absolute Gasteiger partial charge is 0.218 e. The monoisotopic (exact) mass is 408 g/mol. The lowest BCUT2D eigenvalue weighted by Gasteiger charge is -2.38. The molecule has 1 spiro atoms. The Bertz CT molecular complexity index is 739. The van der Waals surface area contributed by atoms with E-state index in [9.17, 15) is 13.5 Å². The summed E-state index contributed by atoms with van der Waals surface area (Å²) in [4.78, 5) is 2.40. The second-order valence-corrected chi connectivity index (χ2v) is 10.8. The second kappa shape index (κ2) is 8.40. The fourth-order valence-electron chi connectivity index (χ4n) is 4.87. The Balaban J connectivity index is 1.28. The van der Waals surface area contributed by atoms with Gasteiger partial charge in [-0.05, 0) is 43.1 Å². The molecule has 3 saturated heterocycles. The third kappa shape index (κ3) is 4.76. The zero-order valence-corrected chi connectivity index (χ0v) is 17.3. The van der Waals surface area contributed by atoms with Crippen LogP contribution in [0.1, 0.15) is 37.7 Å². The van der Waals surface area contributed by atoms with Gasteiger partial charge in [0.05, 0.1) is 24.6 Å². The van der Waals surface area contributed by atoms with Gasteiger partial charge in [0.25, 0.3) is 0 Å². The van der Waals surface area contributed by atoms with Crippen LogP contribution >= 0.6 is 0 Å². The van der Waals surface area contributed by atoms with Crippen LogP contribution in [0, 0.1) is 5.41 Å². The Hall–Kier alpha value is -0.990. The number of hydrogen-bond acceptors (Lipinski definition) is 5. The van der Waals surface area contributed by atoms with Crippen LogP contribution in [0.2, 0.25) is 0 Å². The van der Waals surface area contributed by atoms with Gasteiger partial charge in [-0.1, -0.05) is 30.3 Å². The van der Waals surface area contributed by atoms with Crippen LogP contribution in [0.3, 0.4) is 0 Å². The first-order chi connectivity index (χ1) is 13.4. The predicted molar refractivity (Wildman–Crippen MR) is 108 cm³/mol. The number of likely N-dealkylation sites (tertiary alicyclic amines) is 1. The minimum absolute atomic E-state index is 0.0841. The Kier molecular flexibility index (Phi) is 6.09. The number of aliphatic hydroxyl groups is 1. The van der Waals surface area contributed by atoms with Gasteiger partial charge in [-0.3, -0.25) is 0 Å². The van der Waals surface area contributed by atoms with Gasteiger partial charge in [0.2, 0.25) is 10.0 Å². The molecule has 3 heterocycles. The minimum Gasteiger partial charge on any atom is -0.393 e. The molecule has 3 aliphatic rings. The van der Waals surface area contributed by atoms with E-state index in [0.717, 1.165) is 63.9 Å². The summed E-state index contributed by atoms with van der Waals surface area (Å²) in [6.07, 6.45) is 4.60. The van der Waals surface area contributed by atoms with Gasteiger partial charge in [0.15, 0.2) is 0 Å². The summed E-state index contributed by atoms with van der Waals surface area (Å²) >= 11 is 0. The van der Waals surface area contributed by atoms with Crippen LogP contribution in [0.25, 0.3) is 0 Å². The molecule has 1 N–H and O–H groups in total. The molecular weight excluding hydrogens is 376 g/mol. The highest BCUT2D eigenvalue weighted by atomic mass is 32.2. The number of ether oxygens (including phenoxy) is 1. The number of nitrogens with zero attached hydrogens (tertiary/aromatic N) is 2. The maximum atomic E-state index is 12.8. The molecule has 0 aromatic heterocycles. The molecule has 0 amide bonds.